The van der Waals surface area contributed by atoms with Crippen LogP contribution >= 0.6 is 0 Å². The number of halogens is 1. The van der Waals surface area contributed by atoms with E-state index in [-0.39, 0.29) is 5.82 Å². The molecular formula is C15H16FN3O. The maximum absolute atomic E-state index is 13.3. The van der Waals surface area contributed by atoms with Gasteiger partial charge in [-0.1, -0.05) is 18.2 Å². The number of hydrogen-bond acceptors (Lipinski definition) is 3. The first-order valence-electron chi connectivity index (χ1n) is 6.23. The van der Waals surface area contributed by atoms with Crippen LogP contribution in [0.4, 0.5) is 4.39 Å². The van der Waals surface area contributed by atoms with Gasteiger partial charge in [-0.2, -0.15) is 0 Å². The summed E-state index contributed by atoms with van der Waals surface area (Å²) in [6.45, 7) is 0.449. The number of rotatable bonds is 5. The molecule has 0 saturated carbocycles. The highest BCUT2D eigenvalue weighted by molar-refractivity contribution is 5.81. The van der Waals surface area contributed by atoms with Gasteiger partial charge in [0, 0.05) is 12.7 Å². The van der Waals surface area contributed by atoms with E-state index < -0.39 is 11.9 Å². The molecule has 0 aliphatic carbocycles. The molecule has 4 nitrogen and oxygen atoms in total. The highest BCUT2D eigenvalue weighted by atomic mass is 19.1. The van der Waals surface area contributed by atoms with Gasteiger partial charge in [0.05, 0.1) is 5.69 Å². The van der Waals surface area contributed by atoms with Crippen molar-refractivity contribution < 1.29 is 9.18 Å². The van der Waals surface area contributed by atoms with Crippen LogP contribution < -0.4 is 5.73 Å². The van der Waals surface area contributed by atoms with Crippen LogP contribution in [-0.2, 0) is 11.3 Å². The second kappa shape index (κ2) is 6.25. The van der Waals surface area contributed by atoms with Crippen molar-refractivity contribution in [2.24, 2.45) is 5.73 Å². The molecule has 1 heterocycles. The molecule has 0 fully saturated rings. The average Bonchev–Trinajstić information content (AvgIpc) is 2.39. The van der Waals surface area contributed by atoms with Gasteiger partial charge in [0.1, 0.15) is 11.9 Å². The molecule has 2 rings (SSSR count). The normalized spacial score (nSPS) is 12.3. The molecule has 0 saturated heterocycles. The van der Waals surface area contributed by atoms with E-state index in [0.29, 0.717) is 12.1 Å². The van der Waals surface area contributed by atoms with Gasteiger partial charge >= 0.3 is 0 Å². The molecule has 20 heavy (non-hydrogen) atoms. The van der Waals surface area contributed by atoms with Crippen LogP contribution in [-0.4, -0.2) is 22.8 Å². The number of aromatic nitrogens is 1. The summed E-state index contributed by atoms with van der Waals surface area (Å²) in [6.07, 6.45) is 1.69. The SMILES string of the molecule is CN(Cc1ccccn1)[C@@H](C(N)=O)c1cccc(F)c1. The van der Waals surface area contributed by atoms with E-state index in [0.717, 1.165) is 5.69 Å². The van der Waals surface area contributed by atoms with Crippen molar-refractivity contribution in [2.75, 3.05) is 7.05 Å². The summed E-state index contributed by atoms with van der Waals surface area (Å²) in [5.41, 5.74) is 6.81. The lowest BCUT2D eigenvalue weighted by Gasteiger charge is -2.25. The molecule has 0 bridgehead atoms. The number of hydrogen-bond donors (Lipinski definition) is 1. The summed E-state index contributed by atoms with van der Waals surface area (Å²) in [5, 5.41) is 0. The van der Waals surface area contributed by atoms with Crippen molar-refractivity contribution in [3.8, 4) is 0 Å². The topological polar surface area (TPSA) is 59.2 Å². The third-order valence-electron chi connectivity index (χ3n) is 3.01. The van der Waals surface area contributed by atoms with Gasteiger partial charge in [0.25, 0.3) is 0 Å². The summed E-state index contributed by atoms with van der Waals surface area (Å²) < 4.78 is 13.3. The van der Waals surface area contributed by atoms with E-state index in [4.69, 9.17) is 5.73 Å². The Labute approximate surface area is 117 Å². The van der Waals surface area contributed by atoms with Crippen LogP contribution in [0, 0.1) is 5.82 Å². The number of nitrogens with zero attached hydrogens (tertiary/aromatic N) is 2. The average molecular weight is 273 g/mol. The van der Waals surface area contributed by atoms with Gasteiger partial charge in [-0.25, -0.2) is 4.39 Å². The Morgan fingerprint density at radius 3 is 2.75 bits per heavy atom. The number of benzene rings is 1. The number of pyridine rings is 1. The second-order valence-electron chi connectivity index (χ2n) is 4.60. The molecule has 104 valence electrons. The predicted octanol–water partition coefficient (Wildman–Crippen LogP) is 1.88. The monoisotopic (exact) mass is 273 g/mol. The number of carbonyl (C=O) groups is 1. The molecule has 2 aromatic rings. The molecule has 1 atom stereocenters. The van der Waals surface area contributed by atoms with Gasteiger partial charge in [-0.05, 0) is 36.9 Å². The maximum Gasteiger partial charge on any atom is 0.239 e. The third kappa shape index (κ3) is 3.39. The first-order valence-corrected chi connectivity index (χ1v) is 6.23. The molecule has 0 unspecified atom stereocenters. The first kappa shape index (κ1) is 14.1. The van der Waals surface area contributed by atoms with Crippen molar-refractivity contribution in [1.82, 2.24) is 9.88 Å². The molecule has 0 spiro atoms. The molecule has 1 aromatic carbocycles. The number of primary amides is 1. The van der Waals surface area contributed by atoms with E-state index >= 15 is 0 Å². The Balaban J connectivity index is 2.23. The fourth-order valence-corrected chi connectivity index (χ4v) is 2.15. The zero-order valence-corrected chi connectivity index (χ0v) is 11.2. The van der Waals surface area contributed by atoms with Crippen molar-refractivity contribution in [3.63, 3.8) is 0 Å². The lowest BCUT2D eigenvalue weighted by molar-refractivity contribution is -0.123. The van der Waals surface area contributed by atoms with Gasteiger partial charge < -0.3 is 5.73 Å². The van der Waals surface area contributed by atoms with Crippen LogP contribution in [0.5, 0.6) is 0 Å². The molecule has 2 N–H and O–H groups in total. The Bertz CT molecular complexity index is 589. The Kier molecular flexibility index (Phi) is 4.42. The second-order valence-corrected chi connectivity index (χ2v) is 4.60. The fraction of sp³-hybridized carbons (Fsp3) is 0.200. The lowest BCUT2D eigenvalue weighted by atomic mass is 10.0. The molecule has 0 aliphatic rings. The zero-order valence-electron chi connectivity index (χ0n) is 11.2. The van der Waals surface area contributed by atoms with Crippen molar-refractivity contribution in [3.05, 3.63) is 65.7 Å². The quantitative estimate of drug-likeness (QED) is 0.905. The standard InChI is InChI=1S/C15H16FN3O/c1-19(10-13-7-2-3-8-18-13)14(15(17)20)11-5-4-6-12(16)9-11/h2-9,14H,10H2,1H3,(H2,17,20)/t14-/m1/s1. The number of nitrogens with two attached hydrogens (primary N) is 1. The van der Waals surface area contributed by atoms with Crippen molar-refractivity contribution >= 4 is 5.91 Å². The molecule has 0 radical (unpaired) electrons. The highest BCUT2D eigenvalue weighted by Gasteiger charge is 2.23. The van der Waals surface area contributed by atoms with Gasteiger partial charge in [-0.3, -0.25) is 14.7 Å². The van der Waals surface area contributed by atoms with Crippen molar-refractivity contribution in [1.29, 1.82) is 0 Å². The first-order chi connectivity index (χ1) is 9.58. The third-order valence-corrected chi connectivity index (χ3v) is 3.01. The Morgan fingerprint density at radius 1 is 1.35 bits per heavy atom. The van der Waals surface area contributed by atoms with Crippen LogP contribution in [0.15, 0.2) is 48.7 Å². The minimum absolute atomic E-state index is 0.389. The van der Waals surface area contributed by atoms with E-state index in [9.17, 15) is 9.18 Å². The van der Waals surface area contributed by atoms with Crippen LogP contribution in [0.25, 0.3) is 0 Å². The van der Waals surface area contributed by atoms with Crippen LogP contribution in [0.1, 0.15) is 17.3 Å². The van der Waals surface area contributed by atoms with Crippen molar-refractivity contribution in [2.45, 2.75) is 12.6 Å². The molecule has 1 amide bonds. The minimum atomic E-state index is -0.687. The summed E-state index contributed by atoms with van der Waals surface area (Å²) in [6, 6.07) is 10.8. The van der Waals surface area contributed by atoms with Gasteiger partial charge in [0.2, 0.25) is 5.91 Å². The lowest BCUT2D eigenvalue weighted by Crippen LogP contribution is -2.35. The predicted molar refractivity (Wildman–Crippen MR) is 74.0 cm³/mol. The Hall–Kier alpha value is -2.27. The largest absolute Gasteiger partial charge is 0.368 e. The molecule has 1 aromatic heterocycles. The summed E-state index contributed by atoms with van der Waals surface area (Å²) in [7, 11) is 1.76. The summed E-state index contributed by atoms with van der Waals surface area (Å²) in [5.74, 6) is -0.908. The Morgan fingerprint density at radius 2 is 2.15 bits per heavy atom. The van der Waals surface area contributed by atoms with E-state index in [1.807, 2.05) is 18.2 Å². The number of amides is 1. The van der Waals surface area contributed by atoms with E-state index in [1.165, 1.54) is 12.1 Å². The molecule has 0 aliphatic heterocycles. The van der Waals surface area contributed by atoms with E-state index in [2.05, 4.69) is 4.98 Å². The maximum atomic E-state index is 13.3. The van der Waals surface area contributed by atoms with E-state index in [1.54, 1.807) is 30.3 Å². The van der Waals surface area contributed by atoms with Gasteiger partial charge in [0.15, 0.2) is 0 Å². The minimum Gasteiger partial charge on any atom is -0.368 e. The molecular weight excluding hydrogens is 257 g/mol. The smallest absolute Gasteiger partial charge is 0.239 e. The number of likely N-dealkylation sites (N-methyl/N-ethyl adjacent to an activating group) is 1. The zero-order chi connectivity index (χ0) is 14.5. The summed E-state index contributed by atoms with van der Waals surface area (Å²) in [4.78, 5) is 17.6. The fourth-order valence-electron chi connectivity index (χ4n) is 2.15. The summed E-state index contributed by atoms with van der Waals surface area (Å²) >= 11 is 0. The van der Waals surface area contributed by atoms with Gasteiger partial charge in [-0.15, -0.1) is 0 Å². The highest BCUT2D eigenvalue weighted by Crippen LogP contribution is 2.21. The molecule has 5 heteroatoms. The van der Waals surface area contributed by atoms with Crippen LogP contribution in [0.3, 0.4) is 0 Å². The van der Waals surface area contributed by atoms with Crippen LogP contribution in [0.2, 0.25) is 0 Å². The number of carbonyl (C=O) groups excluding carboxylic acids is 1.